The molecule has 7 nitrogen and oxygen atoms in total. The van der Waals surface area contributed by atoms with Gasteiger partial charge in [0.25, 0.3) is 0 Å². The van der Waals surface area contributed by atoms with Crippen LogP contribution in [0.3, 0.4) is 0 Å². The topological polar surface area (TPSA) is 104 Å². The standard InChI is InChI=1S/C14H21NO6/c1-12(2,3)21-11(20)15-6-4-13(5-7-15)8-14(13,9(16)17)10(18)19/h4-8H2,1-3H3,(H,16,17)(H,18,19). The first-order chi connectivity index (χ1) is 9.54. The number of hydrogen-bond donors (Lipinski definition) is 2. The molecule has 1 aliphatic heterocycles. The van der Waals surface area contributed by atoms with E-state index < -0.39 is 34.5 Å². The minimum absolute atomic E-state index is 0.146. The van der Waals surface area contributed by atoms with E-state index in [0.29, 0.717) is 25.9 Å². The second-order valence-corrected chi connectivity index (χ2v) is 6.94. The Morgan fingerprint density at radius 2 is 1.52 bits per heavy atom. The third-order valence-corrected chi connectivity index (χ3v) is 4.49. The number of carbonyl (C=O) groups excluding carboxylic acids is 1. The summed E-state index contributed by atoms with van der Waals surface area (Å²) >= 11 is 0. The molecule has 7 heteroatoms. The van der Waals surface area contributed by atoms with E-state index in [1.165, 1.54) is 4.90 Å². The molecule has 1 saturated carbocycles. The third kappa shape index (κ3) is 2.45. The lowest BCUT2D eigenvalue weighted by Gasteiger charge is -2.34. The molecule has 0 radical (unpaired) electrons. The second-order valence-electron chi connectivity index (χ2n) is 6.94. The van der Waals surface area contributed by atoms with Gasteiger partial charge in [-0.2, -0.15) is 0 Å². The van der Waals surface area contributed by atoms with Crippen molar-refractivity contribution in [3.63, 3.8) is 0 Å². The van der Waals surface area contributed by atoms with Crippen molar-refractivity contribution in [1.82, 2.24) is 4.90 Å². The van der Waals surface area contributed by atoms with Gasteiger partial charge in [0.2, 0.25) is 0 Å². The molecular weight excluding hydrogens is 278 g/mol. The third-order valence-electron chi connectivity index (χ3n) is 4.49. The van der Waals surface area contributed by atoms with Crippen LogP contribution < -0.4 is 0 Å². The van der Waals surface area contributed by atoms with Crippen LogP contribution in [0.1, 0.15) is 40.0 Å². The normalized spacial score (nSPS) is 22.7. The molecule has 0 aromatic rings. The number of carbonyl (C=O) groups is 3. The van der Waals surface area contributed by atoms with Gasteiger partial charge in [-0.25, -0.2) is 4.79 Å². The molecule has 0 aromatic carbocycles. The zero-order chi connectivity index (χ0) is 16.1. The van der Waals surface area contributed by atoms with E-state index >= 15 is 0 Å². The molecule has 2 N–H and O–H groups in total. The summed E-state index contributed by atoms with van der Waals surface area (Å²) in [6.07, 6.45) is 0.469. The van der Waals surface area contributed by atoms with Crippen molar-refractivity contribution in [1.29, 1.82) is 0 Å². The number of aliphatic carboxylic acids is 2. The highest BCUT2D eigenvalue weighted by atomic mass is 16.6. The Bertz CT molecular complexity index is 470. The van der Waals surface area contributed by atoms with Gasteiger partial charge in [-0.3, -0.25) is 9.59 Å². The average Bonchev–Trinajstić information content (AvgIpc) is 2.97. The van der Waals surface area contributed by atoms with Gasteiger partial charge in [0.1, 0.15) is 5.60 Å². The van der Waals surface area contributed by atoms with Gasteiger partial charge in [-0.05, 0) is 40.0 Å². The minimum Gasteiger partial charge on any atom is -0.480 e. The smallest absolute Gasteiger partial charge is 0.410 e. The maximum Gasteiger partial charge on any atom is 0.410 e. The van der Waals surface area contributed by atoms with Gasteiger partial charge in [0.05, 0.1) is 0 Å². The van der Waals surface area contributed by atoms with Crippen LogP contribution in [0.2, 0.25) is 0 Å². The van der Waals surface area contributed by atoms with Crippen LogP contribution >= 0.6 is 0 Å². The first-order valence-corrected chi connectivity index (χ1v) is 6.99. The van der Waals surface area contributed by atoms with Crippen LogP contribution in [0.25, 0.3) is 0 Å². The number of piperidine rings is 1. The van der Waals surface area contributed by atoms with Gasteiger partial charge in [-0.1, -0.05) is 0 Å². The summed E-state index contributed by atoms with van der Waals surface area (Å²) < 4.78 is 5.27. The van der Waals surface area contributed by atoms with E-state index in [-0.39, 0.29) is 6.42 Å². The van der Waals surface area contributed by atoms with Gasteiger partial charge in [0.15, 0.2) is 5.41 Å². The molecule has 1 spiro atoms. The van der Waals surface area contributed by atoms with Crippen LogP contribution in [0.5, 0.6) is 0 Å². The highest BCUT2D eigenvalue weighted by Gasteiger charge is 2.77. The van der Waals surface area contributed by atoms with Crippen molar-refractivity contribution in [2.45, 2.75) is 45.6 Å². The number of rotatable bonds is 2. The van der Waals surface area contributed by atoms with Crippen LogP contribution in [-0.4, -0.2) is 51.8 Å². The fraction of sp³-hybridized carbons (Fsp3) is 0.786. The van der Waals surface area contributed by atoms with E-state index in [9.17, 15) is 24.6 Å². The molecule has 0 atom stereocenters. The Kier molecular flexibility index (Phi) is 3.42. The average molecular weight is 299 g/mol. The maximum atomic E-state index is 11.9. The molecule has 118 valence electrons. The van der Waals surface area contributed by atoms with Crippen LogP contribution in [0, 0.1) is 10.8 Å². The summed E-state index contributed by atoms with van der Waals surface area (Å²) in [5, 5.41) is 18.5. The van der Waals surface area contributed by atoms with Gasteiger partial charge >= 0.3 is 18.0 Å². The number of carboxylic acid groups (broad SMARTS) is 2. The Morgan fingerprint density at radius 3 is 1.86 bits per heavy atom. The van der Waals surface area contributed by atoms with Crippen LogP contribution in [0.15, 0.2) is 0 Å². The van der Waals surface area contributed by atoms with Crippen molar-refractivity contribution >= 4 is 18.0 Å². The molecular formula is C14H21NO6. The summed E-state index contributed by atoms with van der Waals surface area (Å²) in [7, 11) is 0. The summed E-state index contributed by atoms with van der Waals surface area (Å²) in [4.78, 5) is 36.1. The number of likely N-dealkylation sites (tertiary alicyclic amines) is 1. The Labute approximate surface area is 122 Å². The predicted octanol–water partition coefficient (Wildman–Crippen LogP) is 1.56. The van der Waals surface area contributed by atoms with E-state index in [4.69, 9.17) is 4.74 Å². The minimum atomic E-state index is -1.67. The summed E-state index contributed by atoms with van der Waals surface area (Å²) in [6, 6.07) is 0. The fourth-order valence-corrected chi connectivity index (χ4v) is 3.21. The molecule has 2 fully saturated rings. The lowest BCUT2D eigenvalue weighted by atomic mass is 9.84. The first-order valence-electron chi connectivity index (χ1n) is 6.99. The monoisotopic (exact) mass is 299 g/mol. The molecule has 0 aromatic heterocycles. The molecule has 21 heavy (non-hydrogen) atoms. The SMILES string of the molecule is CC(C)(C)OC(=O)N1CCC2(CC1)CC2(C(=O)O)C(=O)O. The van der Waals surface area contributed by atoms with Crippen molar-refractivity contribution in [3.05, 3.63) is 0 Å². The zero-order valence-electron chi connectivity index (χ0n) is 12.5. The molecule has 2 aliphatic rings. The molecule has 1 aliphatic carbocycles. The highest BCUT2D eigenvalue weighted by Crippen LogP contribution is 2.69. The Hall–Kier alpha value is -1.79. The first kappa shape index (κ1) is 15.6. The van der Waals surface area contributed by atoms with E-state index in [0.717, 1.165) is 0 Å². The Morgan fingerprint density at radius 1 is 1.05 bits per heavy atom. The quantitative estimate of drug-likeness (QED) is 0.750. The molecule has 0 bridgehead atoms. The van der Waals surface area contributed by atoms with E-state index in [1.54, 1.807) is 20.8 Å². The van der Waals surface area contributed by atoms with Crippen LogP contribution in [-0.2, 0) is 14.3 Å². The molecule has 0 unspecified atom stereocenters. The maximum absolute atomic E-state index is 11.9. The molecule has 1 saturated heterocycles. The highest BCUT2D eigenvalue weighted by molar-refractivity contribution is 6.03. The zero-order valence-corrected chi connectivity index (χ0v) is 12.5. The van der Waals surface area contributed by atoms with E-state index in [2.05, 4.69) is 0 Å². The summed E-state index contributed by atoms with van der Waals surface area (Å²) in [6.45, 7) is 5.99. The summed E-state index contributed by atoms with van der Waals surface area (Å²) in [5.41, 5.74) is -2.98. The summed E-state index contributed by atoms with van der Waals surface area (Å²) in [5.74, 6) is -2.55. The number of nitrogens with zero attached hydrogens (tertiary/aromatic N) is 1. The lowest BCUT2D eigenvalue weighted by molar-refractivity contribution is -0.159. The van der Waals surface area contributed by atoms with Gasteiger partial charge in [-0.15, -0.1) is 0 Å². The molecule has 2 rings (SSSR count). The molecule has 1 heterocycles. The van der Waals surface area contributed by atoms with Crippen molar-refractivity contribution in [3.8, 4) is 0 Å². The molecule has 1 amide bonds. The van der Waals surface area contributed by atoms with Gasteiger partial charge in [0, 0.05) is 18.5 Å². The fourth-order valence-electron chi connectivity index (χ4n) is 3.21. The van der Waals surface area contributed by atoms with E-state index in [1.807, 2.05) is 0 Å². The Balaban J connectivity index is 2.01. The van der Waals surface area contributed by atoms with Gasteiger partial charge < -0.3 is 19.8 Å². The number of carboxylic acids is 2. The number of ether oxygens (including phenoxy) is 1. The number of amides is 1. The van der Waals surface area contributed by atoms with Crippen molar-refractivity contribution in [2.24, 2.45) is 10.8 Å². The van der Waals surface area contributed by atoms with Crippen LogP contribution in [0.4, 0.5) is 4.79 Å². The van der Waals surface area contributed by atoms with Crippen molar-refractivity contribution < 1.29 is 29.3 Å². The largest absolute Gasteiger partial charge is 0.480 e. The second kappa shape index (κ2) is 4.61. The predicted molar refractivity (Wildman–Crippen MR) is 71.8 cm³/mol. The van der Waals surface area contributed by atoms with Crippen molar-refractivity contribution in [2.75, 3.05) is 13.1 Å². The number of hydrogen-bond acceptors (Lipinski definition) is 4. The lowest BCUT2D eigenvalue weighted by Crippen LogP contribution is -2.45.